The topological polar surface area (TPSA) is 54.4 Å². The molecule has 1 saturated heterocycles. The van der Waals surface area contributed by atoms with Gasteiger partial charge in [-0.1, -0.05) is 24.3 Å². The number of aliphatic hydroxyl groups excluding tert-OH is 1. The van der Waals surface area contributed by atoms with Gasteiger partial charge in [0.05, 0.1) is 6.61 Å². The van der Waals surface area contributed by atoms with Gasteiger partial charge < -0.3 is 19.3 Å². The predicted octanol–water partition coefficient (Wildman–Crippen LogP) is 2.88. The van der Waals surface area contributed by atoms with Crippen molar-refractivity contribution in [3.05, 3.63) is 53.6 Å². The lowest BCUT2D eigenvalue weighted by Gasteiger charge is -2.41. The second kappa shape index (κ2) is 9.48. The lowest BCUT2D eigenvalue weighted by Crippen LogP contribution is -2.52. The van der Waals surface area contributed by atoms with Crippen LogP contribution in [-0.4, -0.2) is 60.6 Å². The van der Waals surface area contributed by atoms with Gasteiger partial charge in [-0.05, 0) is 37.1 Å². The first-order chi connectivity index (χ1) is 14.3. The Balaban J connectivity index is 1.39. The molecule has 0 amide bonds. The molecule has 1 atom stereocenters. The van der Waals surface area contributed by atoms with Crippen molar-refractivity contribution < 1.29 is 19.3 Å². The molecule has 0 radical (unpaired) electrons. The van der Waals surface area contributed by atoms with Gasteiger partial charge in [-0.15, -0.1) is 0 Å². The van der Waals surface area contributed by atoms with E-state index in [-0.39, 0.29) is 6.61 Å². The summed E-state index contributed by atoms with van der Waals surface area (Å²) >= 11 is 0. The summed E-state index contributed by atoms with van der Waals surface area (Å²) in [4.78, 5) is 4.93. The van der Waals surface area contributed by atoms with Crippen LogP contribution in [-0.2, 0) is 13.1 Å². The molecule has 1 N–H and O–H groups in total. The first-order valence-electron chi connectivity index (χ1n) is 10.4. The largest absolute Gasteiger partial charge is 0.494 e. The van der Waals surface area contributed by atoms with Crippen LogP contribution in [0.4, 0.5) is 0 Å². The first-order valence-corrected chi connectivity index (χ1v) is 10.4. The normalized spacial score (nSPS) is 19.4. The highest BCUT2D eigenvalue weighted by Crippen LogP contribution is 2.36. The minimum Gasteiger partial charge on any atom is -0.494 e. The third kappa shape index (κ3) is 4.83. The van der Waals surface area contributed by atoms with Crippen molar-refractivity contribution in [2.75, 3.05) is 39.6 Å². The van der Waals surface area contributed by atoms with Crippen LogP contribution in [0.1, 0.15) is 24.5 Å². The summed E-state index contributed by atoms with van der Waals surface area (Å²) in [7, 11) is 0. The molecule has 4 rings (SSSR count). The Morgan fingerprint density at radius 3 is 2.72 bits per heavy atom. The molecule has 0 aromatic heterocycles. The van der Waals surface area contributed by atoms with Crippen molar-refractivity contribution in [3.63, 3.8) is 0 Å². The van der Waals surface area contributed by atoms with Crippen LogP contribution in [0.3, 0.4) is 0 Å². The maximum Gasteiger partial charge on any atom is 0.231 e. The molecule has 0 aliphatic carbocycles. The van der Waals surface area contributed by atoms with Crippen molar-refractivity contribution in [3.8, 4) is 17.2 Å². The van der Waals surface area contributed by atoms with Crippen LogP contribution in [0.25, 0.3) is 0 Å². The standard InChI is InChI=1S/C23H30N2O4/c1-2-27-21-8-6-18(7-9-21)14-25-12-11-24(16-20(25)10-13-26)15-19-4-3-5-22-23(19)29-17-28-22/h3-9,20,26H,2,10-17H2,1H3/t20-/m0/s1. The molecule has 0 spiro atoms. The van der Waals surface area contributed by atoms with Gasteiger partial charge in [0.1, 0.15) is 5.75 Å². The fourth-order valence-electron chi connectivity index (χ4n) is 4.18. The van der Waals surface area contributed by atoms with E-state index in [1.165, 1.54) is 11.1 Å². The molecule has 6 nitrogen and oxygen atoms in total. The number of hydrogen-bond acceptors (Lipinski definition) is 6. The third-order valence-corrected chi connectivity index (χ3v) is 5.64. The SMILES string of the molecule is CCOc1ccc(CN2CCN(Cc3cccc4c3OCO4)C[C@@H]2CCO)cc1. The van der Waals surface area contributed by atoms with Gasteiger partial charge in [0, 0.05) is 50.9 Å². The van der Waals surface area contributed by atoms with Gasteiger partial charge in [0.2, 0.25) is 6.79 Å². The molecule has 2 aliphatic heterocycles. The summed E-state index contributed by atoms with van der Waals surface area (Å²) in [5, 5.41) is 9.60. The van der Waals surface area contributed by atoms with Gasteiger partial charge >= 0.3 is 0 Å². The zero-order valence-corrected chi connectivity index (χ0v) is 17.0. The molecule has 2 heterocycles. The van der Waals surface area contributed by atoms with E-state index in [2.05, 4.69) is 28.0 Å². The summed E-state index contributed by atoms with van der Waals surface area (Å²) in [6, 6.07) is 14.8. The highest BCUT2D eigenvalue weighted by molar-refractivity contribution is 5.48. The molecule has 0 unspecified atom stereocenters. The zero-order chi connectivity index (χ0) is 20.1. The third-order valence-electron chi connectivity index (χ3n) is 5.64. The second-order valence-electron chi connectivity index (χ2n) is 7.60. The van der Waals surface area contributed by atoms with Crippen LogP contribution in [0.5, 0.6) is 17.2 Å². The first kappa shape index (κ1) is 20.0. The van der Waals surface area contributed by atoms with E-state index in [0.29, 0.717) is 19.4 Å². The summed E-state index contributed by atoms with van der Waals surface area (Å²) in [6.07, 6.45) is 0.778. The number of aliphatic hydroxyl groups is 1. The van der Waals surface area contributed by atoms with E-state index in [1.54, 1.807) is 0 Å². The maximum atomic E-state index is 9.60. The molecular formula is C23H30N2O4. The number of rotatable bonds is 8. The second-order valence-corrected chi connectivity index (χ2v) is 7.60. The maximum absolute atomic E-state index is 9.60. The quantitative estimate of drug-likeness (QED) is 0.738. The van der Waals surface area contributed by atoms with Crippen molar-refractivity contribution in [2.24, 2.45) is 0 Å². The molecule has 6 heteroatoms. The molecule has 1 fully saturated rings. The Morgan fingerprint density at radius 2 is 1.93 bits per heavy atom. The average Bonchev–Trinajstić information content (AvgIpc) is 3.22. The lowest BCUT2D eigenvalue weighted by atomic mass is 10.1. The smallest absolute Gasteiger partial charge is 0.231 e. The monoisotopic (exact) mass is 398 g/mol. The van der Waals surface area contributed by atoms with Crippen LogP contribution in [0.15, 0.2) is 42.5 Å². The number of hydrogen-bond donors (Lipinski definition) is 1. The van der Waals surface area contributed by atoms with E-state index < -0.39 is 0 Å². The Morgan fingerprint density at radius 1 is 1.07 bits per heavy atom. The van der Waals surface area contributed by atoms with Crippen LogP contribution < -0.4 is 14.2 Å². The summed E-state index contributed by atoms with van der Waals surface area (Å²) in [5.41, 5.74) is 2.44. The van der Waals surface area contributed by atoms with Gasteiger partial charge in [0.25, 0.3) is 0 Å². The van der Waals surface area contributed by atoms with Crippen molar-refractivity contribution in [1.82, 2.24) is 9.80 Å². The fraction of sp³-hybridized carbons (Fsp3) is 0.478. The molecule has 2 aromatic rings. The van der Waals surface area contributed by atoms with Gasteiger partial charge in [-0.2, -0.15) is 0 Å². The van der Waals surface area contributed by atoms with E-state index in [1.807, 2.05) is 31.2 Å². The Hall–Kier alpha value is -2.28. The van der Waals surface area contributed by atoms with Crippen LogP contribution >= 0.6 is 0 Å². The Kier molecular flexibility index (Phi) is 6.54. The van der Waals surface area contributed by atoms with E-state index in [9.17, 15) is 5.11 Å². The van der Waals surface area contributed by atoms with Crippen molar-refractivity contribution in [2.45, 2.75) is 32.5 Å². The Bertz CT molecular complexity index is 796. The number of fused-ring (bicyclic) bond motifs is 1. The van der Waals surface area contributed by atoms with Gasteiger partial charge in [-0.25, -0.2) is 0 Å². The number of ether oxygens (including phenoxy) is 3. The number of para-hydroxylation sites is 1. The summed E-state index contributed by atoms with van der Waals surface area (Å²) < 4.78 is 16.7. The van der Waals surface area contributed by atoms with Gasteiger partial charge in [0.15, 0.2) is 11.5 Å². The Labute approximate surface area is 172 Å². The van der Waals surface area contributed by atoms with Crippen molar-refractivity contribution >= 4 is 0 Å². The highest BCUT2D eigenvalue weighted by atomic mass is 16.7. The molecule has 2 aliphatic rings. The molecule has 0 saturated carbocycles. The average molecular weight is 399 g/mol. The molecular weight excluding hydrogens is 368 g/mol. The minimum atomic E-state index is 0.204. The summed E-state index contributed by atoms with van der Waals surface area (Å²) in [6.45, 7) is 7.81. The predicted molar refractivity (Wildman–Crippen MR) is 111 cm³/mol. The fourth-order valence-corrected chi connectivity index (χ4v) is 4.18. The molecule has 0 bridgehead atoms. The summed E-state index contributed by atoms with van der Waals surface area (Å²) in [5.74, 6) is 2.63. The van der Waals surface area contributed by atoms with Crippen LogP contribution in [0.2, 0.25) is 0 Å². The number of piperazine rings is 1. The lowest BCUT2D eigenvalue weighted by molar-refractivity contribution is 0.0495. The van der Waals surface area contributed by atoms with E-state index >= 15 is 0 Å². The molecule has 156 valence electrons. The zero-order valence-electron chi connectivity index (χ0n) is 17.0. The minimum absolute atomic E-state index is 0.204. The van der Waals surface area contributed by atoms with E-state index in [4.69, 9.17) is 14.2 Å². The molecule has 29 heavy (non-hydrogen) atoms. The van der Waals surface area contributed by atoms with Crippen molar-refractivity contribution in [1.29, 1.82) is 0 Å². The molecule has 2 aromatic carbocycles. The highest BCUT2D eigenvalue weighted by Gasteiger charge is 2.28. The number of nitrogens with zero attached hydrogens (tertiary/aromatic N) is 2. The van der Waals surface area contributed by atoms with Crippen LogP contribution in [0, 0.1) is 0 Å². The number of benzene rings is 2. The van der Waals surface area contributed by atoms with E-state index in [0.717, 1.165) is 56.4 Å². The van der Waals surface area contributed by atoms with Gasteiger partial charge in [-0.3, -0.25) is 9.80 Å².